The molecular formula is C14H13Cl2N3S. The summed E-state index contributed by atoms with van der Waals surface area (Å²) in [7, 11) is 0. The molecule has 0 aliphatic rings. The molecule has 0 bridgehead atoms. The second-order valence-corrected chi connectivity index (χ2v) is 5.96. The number of halogens is 2. The van der Waals surface area contributed by atoms with Gasteiger partial charge in [-0.1, -0.05) is 17.7 Å². The van der Waals surface area contributed by atoms with Crippen LogP contribution in [-0.4, -0.2) is 20.4 Å². The molecule has 0 radical (unpaired) electrons. The molecule has 104 valence electrons. The Morgan fingerprint density at radius 2 is 2.15 bits per heavy atom. The molecular weight excluding hydrogens is 313 g/mol. The van der Waals surface area contributed by atoms with Crippen molar-refractivity contribution in [2.45, 2.75) is 19.4 Å². The Morgan fingerprint density at radius 1 is 1.25 bits per heavy atom. The van der Waals surface area contributed by atoms with E-state index in [4.69, 9.17) is 23.2 Å². The molecule has 3 nitrogen and oxygen atoms in total. The minimum Gasteiger partial charge on any atom is -0.326 e. The largest absolute Gasteiger partial charge is 0.326 e. The molecule has 0 saturated carbocycles. The van der Waals surface area contributed by atoms with Crippen LogP contribution < -0.4 is 0 Å². The number of hydrogen-bond acceptors (Lipinski definition) is 3. The zero-order valence-corrected chi connectivity index (χ0v) is 13.0. The van der Waals surface area contributed by atoms with Crippen LogP contribution in [0.5, 0.6) is 0 Å². The van der Waals surface area contributed by atoms with Crippen LogP contribution in [0, 0.1) is 0 Å². The second kappa shape index (κ2) is 6.12. The van der Waals surface area contributed by atoms with Gasteiger partial charge in [0.15, 0.2) is 0 Å². The Hall–Kier alpha value is -1.10. The Labute approximate surface area is 131 Å². The maximum absolute atomic E-state index is 6.33. The monoisotopic (exact) mass is 325 g/mol. The topological polar surface area (TPSA) is 30.7 Å². The van der Waals surface area contributed by atoms with Crippen LogP contribution in [0.4, 0.5) is 0 Å². The minimum atomic E-state index is 0.553. The summed E-state index contributed by atoms with van der Waals surface area (Å²) in [6.45, 7) is 0.816. The van der Waals surface area contributed by atoms with Gasteiger partial charge in [-0.3, -0.25) is 0 Å². The Kier molecular flexibility index (Phi) is 4.24. The Bertz CT molecular complexity index is 707. The maximum Gasteiger partial charge on any atom is 0.111 e. The average Bonchev–Trinajstić information content (AvgIpc) is 3.05. The third-order valence-electron chi connectivity index (χ3n) is 3.19. The van der Waals surface area contributed by atoms with Crippen LogP contribution in [0.1, 0.15) is 11.5 Å². The third kappa shape index (κ3) is 2.68. The van der Waals surface area contributed by atoms with E-state index < -0.39 is 0 Å². The van der Waals surface area contributed by atoms with E-state index >= 15 is 0 Å². The van der Waals surface area contributed by atoms with Crippen molar-refractivity contribution in [3.05, 3.63) is 45.6 Å². The molecule has 0 amide bonds. The van der Waals surface area contributed by atoms with Crippen molar-refractivity contribution in [1.82, 2.24) is 14.5 Å². The summed E-state index contributed by atoms with van der Waals surface area (Å²) in [5.74, 6) is 1.54. The van der Waals surface area contributed by atoms with Gasteiger partial charge in [-0.15, -0.1) is 22.9 Å². The molecule has 3 aromatic rings. The lowest BCUT2D eigenvalue weighted by Gasteiger charge is -2.08. The lowest BCUT2D eigenvalue weighted by atomic mass is 10.3. The molecule has 1 aromatic carbocycles. The fourth-order valence-corrected chi connectivity index (χ4v) is 3.33. The van der Waals surface area contributed by atoms with Crippen molar-refractivity contribution in [1.29, 1.82) is 0 Å². The van der Waals surface area contributed by atoms with E-state index in [2.05, 4.69) is 19.9 Å². The van der Waals surface area contributed by atoms with E-state index in [-0.39, 0.29) is 0 Å². The van der Waals surface area contributed by atoms with Crippen molar-refractivity contribution in [2.24, 2.45) is 0 Å². The molecule has 3 rings (SSSR count). The van der Waals surface area contributed by atoms with Gasteiger partial charge in [-0.05, 0) is 12.1 Å². The molecule has 0 fully saturated rings. The van der Waals surface area contributed by atoms with Gasteiger partial charge >= 0.3 is 0 Å². The van der Waals surface area contributed by atoms with Gasteiger partial charge in [0.25, 0.3) is 0 Å². The molecule has 6 heteroatoms. The number of benzene rings is 1. The van der Waals surface area contributed by atoms with Crippen LogP contribution >= 0.6 is 34.5 Å². The molecule has 0 unspecified atom stereocenters. The van der Waals surface area contributed by atoms with E-state index in [0.29, 0.717) is 5.88 Å². The summed E-state index contributed by atoms with van der Waals surface area (Å²) in [5.41, 5.74) is 4.87. The van der Waals surface area contributed by atoms with Crippen molar-refractivity contribution in [3.8, 4) is 0 Å². The molecule has 2 aromatic heterocycles. The van der Waals surface area contributed by atoms with Crippen LogP contribution in [0.2, 0.25) is 5.02 Å². The number of alkyl halides is 1. The van der Waals surface area contributed by atoms with Gasteiger partial charge in [-0.25, -0.2) is 9.97 Å². The van der Waals surface area contributed by atoms with Crippen LogP contribution in [-0.2, 0) is 19.4 Å². The first-order chi connectivity index (χ1) is 9.79. The summed E-state index contributed by atoms with van der Waals surface area (Å²) in [6.07, 6.45) is 1.61. The highest BCUT2D eigenvalue weighted by Gasteiger charge is 2.13. The first kappa shape index (κ1) is 13.9. The number of imidazole rings is 1. The smallest absolute Gasteiger partial charge is 0.111 e. The average molecular weight is 326 g/mol. The summed E-state index contributed by atoms with van der Waals surface area (Å²) in [6, 6.07) is 5.81. The van der Waals surface area contributed by atoms with E-state index in [1.807, 2.05) is 23.7 Å². The number of thiazole rings is 1. The number of hydrogen-bond donors (Lipinski definition) is 0. The van der Waals surface area contributed by atoms with Gasteiger partial charge in [0.2, 0.25) is 0 Å². The van der Waals surface area contributed by atoms with E-state index in [9.17, 15) is 0 Å². The molecule has 2 heterocycles. The first-order valence-electron chi connectivity index (χ1n) is 6.36. The number of aryl methyl sites for hydroxylation is 3. The predicted molar refractivity (Wildman–Crippen MR) is 85.0 cm³/mol. The molecule has 0 spiro atoms. The molecule has 0 aliphatic carbocycles. The van der Waals surface area contributed by atoms with Gasteiger partial charge in [0.1, 0.15) is 5.82 Å². The highest BCUT2D eigenvalue weighted by atomic mass is 35.5. The van der Waals surface area contributed by atoms with Crippen molar-refractivity contribution in [2.75, 3.05) is 5.88 Å². The SMILES string of the molecule is ClCCc1nc2cccc(Cl)c2n1CCc1cscn1. The van der Waals surface area contributed by atoms with Crippen molar-refractivity contribution >= 4 is 45.6 Å². The molecule has 0 aliphatic heterocycles. The lowest BCUT2D eigenvalue weighted by Crippen LogP contribution is -2.07. The van der Waals surface area contributed by atoms with E-state index in [0.717, 1.165) is 47.0 Å². The van der Waals surface area contributed by atoms with Crippen LogP contribution in [0.15, 0.2) is 29.1 Å². The predicted octanol–water partition coefficient (Wildman–Crippen LogP) is 4.17. The van der Waals surface area contributed by atoms with Crippen molar-refractivity contribution < 1.29 is 0 Å². The summed E-state index contributed by atoms with van der Waals surface area (Å²) >= 11 is 13.8. The molecule has 0 saturated heterocycles. The normalized spacial score (nSPS) is 11.3. The standard InChI is InChI=1S/C14H13Cl2N3S/c15-6-4-13-18-12-3-1-2-11(16)14(12)19(13)7-5-10-8-20-9-17-10/h1-3,8-9H,4-7H2. The quantitative estimate of drug-likeness (QED) is 0.659. The highest BCUT2D eigenvalue weighted by molar-refractivity contribution is 7.07. The summed E-state index contributed by atoms with van der Waals surface area (Å²) in [4.78, 5) is 8.96. The molecule has 20 heavy (non-hydrogen) atoms. The Morgan fingerprint density at radius 3 is 2.90 bits per heavy atom. The van der Waals surface area contributed by atoms with Crippen LogP contribution in [0.25, 0.3) is 11.0 Å². The summed E-state index contributed by atoms with van der Waals surface area (Å²) < 4.78 is 2.17. The van der Waals surface area contributed by atoms with E-state index in [1.165, 1.54) is 0 Å². The molecule has 0 atom stereocenters. The van der Waals surface area contributed by atoms with Gasteiger partial charge in [0, 0.05) is 30.6 Å². The minimum absolute atomic E-state index is 0.553. The first-order valence-corrected chi connectivity index (χ1v) is 8.22. The fourth-order valence-electron chi connectivity index (χ4n) is 2.29. The number of para-hydroxylation sites is 1. The fraction of sp³-hybridized carbons (Fsp3) is 0.286. The zero-order chi connectivity index (χ0) is 13.9. The number of nitrogens with zero attached hydrogens (tertiary/aromatic N) is 3. The maximum atomic E-state index is 6.33. The third-order valence-corrected chi connectivity index (χ3v) is 4.32. The van der Waals surface area contributed by atoms with Gasteiger partial charge in [-0.2, -0.15) is 0 Å². The highest BCUT2D eigenvalue weighted by Crippen LogP contribution is 2.25. The molecule has 0 N–H and O–H groups in total. The van der Waals surface area contributed by atoms with E-state index in [1.54, 1.807) is 11.3 Å². The lowest BCUT2D eigenvalue weighted by molar-refractivity contribution is 0.668. The van der Waals surface area contributed by atoms with Gasteiger partial charge < -0.3 is 4.57 Å². The number of rotatable bonds is 5. The number of fused-ring (bicyclic) bond motifs is 1. The Balaban J connectivity index is 1.99. The van der Waals surface area contributed by atoms with Crippen LogP contribution in [0.3, 0.4) is 0 Å². The number of aromatic nitrogens is 3. The zero-order valence-electron chi connectivity index (χ0n) is 10.7. The van der Waals surface area contributed by atoms with Crippen molar-refractivity contribution in [3.63, 3.8) is 0 Å². The van der Waals surface area contributed by atoms with Gasteiger partial charge in [0.05, 0.1) is 27.3 Å². The second-order valence-electron chi connectivity index (χ2n) is 4.46. The summed E-state index contributed by atoms with van der Waals surface area (Å²) in [5, 5.41) is 2.80.